The quantitative estimate of drug-likeness (QED) is 0.131. The summed E-state index contributed by atoms with van der Waals surface area (Å²) < 4.78 is 1.43. The van der Waals surface area contributed by atoms with Crippen LogP contribution in [0.15, 0.2) is 60.2 Å². The average Bonchev–Trinajstić information content (AvgIpc) is 3.22. The second-order valence-corrected chi connectivity index (χ2v) is 12.0. The topological polar surface area (TPSA) is 25.3 Å². The van der Waals surface area contributed by atoms with Crippen molar-refractivity contribution in [3.63, 3.8) is 0 Å². The van der Waals surface area contributed by atoms with Gasteiger partial charge in [0.2, 0.25) is 11.4 Å². The van der Waals surface area contributed by atoms with Gasteiger partial charge >= 0.3 is 41.6 Å². The molecular formula is C32H46N2Pd. The third kappa shape index (κ3) is 9.29. The van der Waals surface area contributed by atoms with Crippen LogP contribution >= 0.6 is 0 Å². The van der Waals surface area contributed by atoms with Gasteiger partial charge in [0.1, 0.15) is 0 Å². The molecule has 2 aromatic carbocycles. The van der Waals surface area contributed by atoms with Crippen molar-refractivity contribution in [2.24, 2.45) is 0 Å². The third-order valence-corrected chi connectivity index (χ3v) is 7.88. The van der Waals surface area contributed by atoms with Crippen molar-refractivity contribution in [2.45, 2.75) is 102 Å². The number of nitrogens with zero attached hydrogens (tertiary/aromatic N) is 2. The number of aryl methyl sites for hydroxylation is 2. The number of hydrogen-bond donors (Lipinski definition) is 0. The van der Waals surface area contributed by atoms with Gasteiger partial charge in [-0.1, -0.05) is 70.7 Å². The van der Waals surface area contributed by atoms with E-state index in [1.165, 1.54) is 56.9 Å². The predicted octanol–water partition coefficient (Wildman–Crippen LogP) is 10.3. The Morgan fingerprint density at radius 2 is 1.37 bits per heavy atom. The van der Waals surface area contributed by atoms with E-state index in [0.29, 0.717) is 0 Å². The van der Waals surface area contributed by atoms with Crippen molar-refractivity contribution >= 4 is 11.4 Å². The first-order valence-electron chi connectivity index (χ1n) is 13.7. The molecule has 0 bridgehead atoms. The Labute approximate surface area is 223 Å². The van der Waals surface area contributed by atoms with Crippen LogP contribution in [-0.2, 0) is 30.8 Å². The summed E-state index contributed by atoms with van der Waals surface area (Å²) in [5, 5.41) is 0. The van der Waals surface area contributed by atoms with Crippen LogP contribution in [0, 0.1) is 0 Å². The van der Waals surface area contributed by atoms with Gasteiger partial charge in [0.25, 0.3) is 0 Å². The molecule has 3 rings (SSSR count). The van der Waals surface area contributed by atoms with Gasteiger partial charge in [0.15, 0.2) is 0 Å². The second-order valence-electron chi connectivity index (χ2n) is 8.99. The van der Waals surface area contributed by atoms with E-state index in [-0.39, 0.29) is 0 Å². The molecule has 2 nitrogen and oxygen atoms in total. The average molecular weight is 565 g/mol. The zero-order valence-electron chi connectivity index (χ0n) is 22.7. The minimum absolute atomic E-state index is 0.889. The van der Waals surface area contributed by atoms with Crippen LogP contribution in [0.5, 0.6) is 0 Å². The Bertz CT molecular complexity index is 985. The molecule has 0 fully saturated rings. The molecule has 0 aromatic heterocycles. The number of unbranched alkanes of at least 4 members (excludes halogenated alkanes) is 4. The molecule has 194 valence electrons. The Hall–Kier alpha value is -1.82. The second kappa shape index (κ2) is 16.8. The van der Waals surface area contributed by atoms with E-state index in [4.69, 9.17) is 0 Å². The van der Waals surface area contributed by atoms with Gasteiger partial charge < -0.3 is 5.53 Å². The van der Waals surface area contributed by atoms with E-state index in [0.717, 1.165) is 72.6 Å². The van der Waals surface area contributed by atoms with Gasteiger partial charge in [0, 0.05) is 22.8 Å². The van der Waals surface area contributed by atoms with Crippen LogP contribution in [0.25, 0.3) is 16.9 Å². The maximum atomic E-state index is 11.2. The molecule has 0 aliphatic carbocycles. The van der Waals surface area contributed by atoms with E-state index in [9.17, 15) is 5.53 Å². The fourth-order valence-electron chi connectivity index (χ4n) is 4.36. The summed E-state index contributed by atoms with van der Waals surface area (Å²) in [4.78, 5) is 2.79. The van der Waals surface area contributed by atoms with E-state index in [1.807, 2.05) is 0 Å². The molecule has 1 aliphatic heterocycles. The normalized spacial score (nSPS) is 13.2. The fraction of sp³-hybridized carbons (Fsp3) is 0.500. The summed E-state index contributed by atoms with van der Waals surface area (Å²) in [6.07, 6.45) is 12.6. The molecule has 0 unspecified atom stereocenters. The first-order chi connectivity index (χ1) is 17.1. The van der Waals surface area contributed by atoms with Crippen LogP contribution in [0.2, 0.25) is 9.79 Å². The molecule has 0 N–H and O–H groups in total. The van der Waals surface area contributed by atoms with Gasteiger partial charge in [-0.25, -0.2) is 4.70 Å². The van der Waals surface area contributed by atoms with Crippen molar-refractivity contribution in [3.8, 4) is 0 Å². The fourth-order valence-corrected chi connectivity index (χ4v) is 5.14. The summed E-state index contributed by atoms with van der Waals surface area (Å²) in [7, 11) is 0. The van der Waals surface area contributed by atoms with Gasteiger partial charge in [-0.15, -0.1) is 0 Å². The predicted molar refractivity (Wildman–Crippen MR) is 149 cm³/mol. The van der Waals surface area contributed by atoms with Crippen molar-refractivity contribution in [2.75, 3.05) is 0 Å². The number of hydrogen-bond acceptors (Lipinski definition) is 0. The summed E-state index contributed by atoms with van der Waals surface area (Å²) in [5.41, 5.74) is 19.2. The molecule has 35 heavy (non-hydrogen) atoms. The van der Waals surface area contributed by atoms with Crippen LogP contribution in [-0.4, -0.2) is 4.70 Å². The molecule has 0 amide bonds. The van der Waals surface area contributed by atoms with Gasteiger partial charge in [0.05, 0.1) is 0 Å². The van der Waals surface area contributed by atoms with Crippen molar-refractivity contribution in [1.29, 1.82) is 0 Å². The minimum atomic E-state index is 0.889. The Morgan fingerprint density at radius 1 is 0.714 bits per heavy atom. The van der Waals surface area contributed by atoms with E-state index in [2.05, 4.69) is 89.2 Å². The molecule has 1 heterocycles. The Morgan fingerprint density at radius 3 is 2.00 bits per heavy atom. The molecule has 3 heteroatoms. The molecule has 0 atom stereocenters. The molecule has 0 saturated heterocycles. The van der Waals surface area contributed by atoms with Crippen LogP contribution in [0.1, 0.15) is 102 Å². The van der Waals surface area contributed by atoms with Gasteiger partial charge in [-0.3, -0.25) is 0 Å². The molecule has 1 aliphatic rings. The first kappa shape index (κ1) is 29.4. The Balaban J connectivity index is 0.000000784. The van der Waals surface area contributed by atoms with Gasteiger partial charge in [-0.05, 0) is 67.5 Å². The molecule has 0 spiro atoms. The summed E-state index contributed by atoms with van der Waals surface area (Å²) in [5.74, 6) is 0. The van der Waals surface area contributed by atoms with E-state index in [1.54, 1.807) is 0 Å². The van der Waals surface area contributed by atoms with Crippen LogP contribution < -0.4 is 0 Å². The van der Waals surface area contributed by atoms with Crippen LogP contribution in [0.3, 0.4) is 0 Å². The number of allylic oxidation sites excluding steroid dienone is 2. The molecule has 0 radical (unpaired) electrons. The van der Waals surface area contributed by atoms with Crippen molar-refractivity contribution in [3.05, 3.63) is 88.0 Å². The molecule has 0 saturated carbocycles. The van der Waals surface area contributed by atoms with Crippen molar-refractivity contribution in [1.82, 2.24) is 0 Å². The summed E-state index contributed by atoms with van der Waals surface area (Å²) in [6.45, 7) is 11.1. The zero-order valence-corrected chi connectivity index (χ0v) is 24.2. The third-order valence-electron chi connectivity index (χ3n) is 6.32. The number of rotatable bonds is 13. The van der Waals surface area contributed by atoms with Gasteiger partial charge in [-0.2, -0.15) is 0 Å². The monoisotopic (exact) mass is 564 g/mol. The first-order valence-corrected chi connectivity index (χ1v) is 15.9. The number of benzene rings is 2. The van der Waals surface area contributed by atoms with Crippen molar-refractivity contribution < 1.29 is 22.7 Å². The SMILES string of the molecule is CCCCCCc1cccc(C2=C(CCCC)C=C(c3cccc(CC)c3)[N+]2=[N-])c1.C[CH2][Pd][CH2]C. The molecular weight excluding hydrogens is 519 g/mol. The van der Waals surface area contributed by atoms with E-state index < -0.39 is 0 Å². The molecule has 2 aromatic rings. The summed E-state index contributed by atoms with van der Waals surface area (Å²) >= 11 is 1.04. The van der Waals surface area contributed by atoms with Crippen LogP contribution in [0.4, 0.5) is 0 Å². The Kier molecular flexibility index (Phi) is 14.1. The zero-order chi connectivity index (χ0) is 25.5. The maximum absolute atomic E-state index is 11.2. The standard InChI is InChI=1S/C28H36N2.2C2H5.Pd/c1-4-7-9-10-13-23-15-12-18-25(20-23)28-26(16-8-5-2)21-27(30(28)29)24-17-11-14-22(6-3)19-24;2*1-2;/h11-12,14-15,17-21H,4-10,13,16H2,1-3H3;2*1H2,2H3;. The van der Waals surface area contributed by atoms with E-state index >= 15 is 0 Å². The summed E-state index contributed by atoms with van der Waals surface area (Å²) in [6, 6.07) is 17.3.